The van der Waals surface area contributed by atoms with Crippen molar-refractivity contribution in [3.63, 3.8) is 0 Å². The van der Waals surface area contributed by atoms with Crippen molar-refractivity contribution in [3.05, 3.63) is 26.6 Å². The van der Waals surface area contributed by atoms with Crippen molar-refractivity contribution in [1.29, 1.82) is 0 Å². The van der Waals surface area contributed by atoms with Gasteiger partial charge in [-0.25, -0.2) is 4.79 Å². The van der Waals surface area contributed by atoms with E-state index in [1.165, 1.54) is 6.07 Å². The lowest BCUT2D eigenvalue weighted by molar-refractivity contribution is -0.120. The first-order valence-electron chi connectivity index (χ1n) is 6.67. The zero-order valence-corrected chi connectivity index (χ0v) is 14.4. The number of halogens is 2. The molecule has 1 aliphatic carbocycles. The van der Waals surface area contributed by atoms with Crippen LogP contribution in [0.4, 0.5) is 5.69 Å². The number of aromatic carboxylic acids is 1. The molecule has 21 heavy (non-hydrogen) atoms. The first kappa shape index (κ1) is 16.5. The number of nitrogens with one attached hydrogen (secondary N) is 1. The van der Waals surface area contributed by atoms with E-state index in [0.717, 1.165) is 19.3 Å². The van der Waals surface area contributed by atoms with Gasteiger partial charge < -0.3 is 16.2 Å². The molecule has 1 amide bonds. The van der Waals surface area contributed by atoms with Crippen LogP contribution in [0, 0.1) is 5.92 Å². The fourth-order valence-electron chi connectivity index (χ4n) is 2.56. The molecule has 5 nitrogen and oxygen atoms in total. The summed E-state index contributed by atoms with van der Waals surface area (Å²) < 4.78 is 1.16. The SMILES string of the molecule is NC1CCCC(C(=O)Nc2c(Br)cc(Br)cc2C(=O)O)C1. The van der Waals surface area contributed by atoms with Gasteiger partial charge in [0.2, 0.25) is 5.91 Å². The molecular formula is C14H16Br2N2O3. The number of anilines is 1. The summed E-state index contributed by atoms with van der Waals surface area (Å²) in [5.41, 5.74) is 6.23. The normalized spacial score (nSPS) is 21.9. The second-order valence-corrected chi connectivity index (χ2v) is 7.00. The zero-order valence-electron chi connectivity index (χ0n) is 11.2. The third-order valence-electron chi connectivity index (χ3n) is 3.62. The Morgan fingerprint density at radius 1 is 1.29 bits per heavy atom. The lowest BCUT2D eigenvalue weighted by Crippen LogP contribution is -2.34. The number of carbonyl (C=O) groups is 2. The number of amides is 1. The number of hydrogen-bond acceptors (Lipinski definition) is 3. The minimum absolute atomic E-state index is 0.0433. The van der Waals surface area contributed by atoms with Gasteiger partial charge in [0.25, 0.3) is 0 Å². The number of carbonyl (C=O) groups excluding carboxylic acids is 1. The second kappa shape index (κ2) is 6.89. The van der Waals surface area contributed by atoms with Crippen LogP contribution in [0.1, 0.15) is 36.0 Å². The predicted molar refractivity (Wildman–Crippen MR) is 87.4 cm³/mol. The topological polar surface area (TPSA) is 92.4 Å². The molecule has 114 valence electrons. The van der Waals surface area contributed by atoms with Crippen molar-refractivity contribution in [1.82, 2.24) is 0 Å². The molecule has 0 aliphatic heterocycles. The summed E-state index contributed by atoms with van der Waals surface area (Å²) in [5, 5.41) is 12.0. The van der Waals surface area contributed by atoms with Crippen LogP contribution in [0.15, 0.2) is 21.1 Å². The molecular weight excluding hydrogens is 404 g/mol. The van der Waals surface area contributed by atoms with E-state index in [-0.39, 0.29) is 29.1 Å². The van der Waals surface area contributed by atoms with Crippen LogP contribution in [-0.2, 0) is 4.79 Å². The molecule has 2 rings (SSSR count). The van der Waals surface area contributed by atoms with Gasteiger partial charge in [0, 0.05) is 20.9 Å². The molecule has 1 saturated carbocycles. The third-order valence-corrected chi connectivity index (χ3v) is 4.70. The Bertz CT molecular complexity index is 578. The summed E-state index contributed by atoms with van der Waals surface area (Å²) in [7, 11) is 0. The van der Waals surface area contributed by atoms with Gasteiger partial charge in [0.15, 0.2) is 0 Å². The molecule has 0 radical (unpaired) electrons. The maximum atomic E-state index is 12.3. The van der Waals surface area contributed by atoms with Crippen molar-refractivity contribution in [2.75, 3.05) is 5.32 Å². The van der Waals surface area contributed by atoms with Crippen molar-refractivity contribution in [3.8, 4) is 0 Å². The van der Waals surface area contributed by atoms with Gasteiger partial charge in [-0.2, -0.15) is 0 Å². The smallest absolute Gasteiger partial charge is 0.337 e. The van der Waals surface area contributed by atoms with Gasteiger partial charge in [-0.15, -0.1) is 0 Å². The van der Waals surface area contributed by atoms with Crippen LogP contribution in [0.25, 0.3) is 0 Å². The Morgan fingerprint density at radius 3 is 2.62 bits per heavy atom. The Morgan fingerprint density at radius 2 is 2.00 bits per heavy atom. The highest BCUT2D eigenvalue weighted by Gasteiger charge is 2.27. The Labute approximate surface area is 139 Å². The standard InChI is InChI=1S/C14H16Br2N2O3/c15-8-5-10(14(20)21)12(11(16)6-8)18-13(19)7-2-1-3-9(17)4-7/h5-7,9H,1-4,17H2,(H,18,19)(H,20,21). The van der Waals surface area contributed by atoms with E-state index >= 15 is 0 Å². The first-order valence-corrected chi connectivity index (χ1v) is 8.26. The molecule has 2 unspecified atom stereocenters. The average molecular weight is 420 g/mol. The van der Waals surface area contributed by atoms with Gasteiger partial charge in [0.1, 0.15) is 0 Å². The Balaban J connectivity index is 2.22. The van der Waals surface area contributed by atoms with Crippen molar-refractivity contribution >= 4 is 49.4 Å². The maximum absolute atomic E-state index is 12.3. The van der Waals surface area contributed by atoms with Crippen LogP contribution in [0.3, 0.4) is 0 Å². The minimum Gasteiger partial charge on any atom is -0.478 e. The molecule has 7 heteroatoms. The van der Waals surface area contributed by atoms with E-state index in [0.29, 0.717) is 15.4 Å². The number of rotatable bonds is 3. The fraction of sp³-hybridized carbons (Fsp3) is 0.429. The Hall–Kier alpha value is -0.920. The van der Waals surface area contributed by atoms with E-state index in [4.69, 9.17) is 5.73 Å². The summed E-state index contributed by atoms with van der Waals surface area (Å²) in [6.45, 7) is 0. The molecule has 0 saturated heterocycles. The largest absolute Gasteiger partial charge is 0.478 e. The highest BCUT2D eigenvalue weighted by molar-refractivity contribution is 9.11. The molecule has 0 bridgehead atoms. The van der Waals surface area contributed by atoms with Crippen LogP contribution >= 0.6 is 31.9 Å². The molecule has 1 aromatic rings. The van der Waals surface area contributed by atoms with Gasteiger partial charge in [-0.3, -0.25) is 4.79 Å². The van der Waals surface area contributed by atoms with E-state index < -0.39 is 5.97 Å². The molecule has 4 N–H and O–H groups in total. The lowest BCUT2D eigenvalue weighted by atomic mass is 9.85. The third kappa shape index (κ3) is 4.05. The van der Waals surface area contributed by atoms with E-state index in [9.17, 15) is 14.7 Å². The molecule has 1 aromatic carbocycles. The molecule has 0 spiro atoms. The van der Waals surface area contributed by atoms with Crippen molar-refractivity contribution in [2.45, 2.75) is 31.7 Å². The number of benzene rings is 1. The highest BCUT2D eigenvalue weighted by Crippen LogP contribution is 2.32. The van der Waals surface area contributed by atoms with E-state index in [1.54, 1.807) is 6.07 Å². The maximum Gasteiger partial charge on any atom is 0.337 e. The van der Waals surface area contributed by atoms with E-state index in [1.807, 2.05) is 0 Å². The second-order valence-electron chi connectivity index (χ2n) is 5.23. The summed E-state index contributed by atoms with van der Waals surface area (Å²) in [4.78, 5) is 23.7. The van der Waals surface area contributed by atoms with Gasteiger partial charge in [-0.1, -0.05) is 22.4 Å². The fourth-order valence-corrected chi connectivity index (χ4v) is 3.88. The molecule has 2 atom stereocenters. The van der Waals surface area contributed by atoms with Crippen LogP contribution in [-0.4, -0.2) is 23.0 Å². The predicted octanol–water partition coefficient (Wildman–Crippen LogP) is 3.37. The van der Waals surface area contributed by atoms with E-state index in [2.05, 4.69) is 37.2 Å². The van der Waals surface area contributed by atoms with Crippen molar-refractivity contribution in [2.24, 2.45) is 11.7 Å². The van der Waals surface area contributed by atoms with Crippen molar-refractivity contribution < 1.29 is 14.7 Å². The summed E-state index contributed by atoms with van der Waals surface area (Å²) in [6.07, 6.45) is 3.29. The highest BCUT2D eigenvalue weighted by atomic mass is 79.9. The number of carboxylic acids is 1. The molecule has 1 fully saturated rings. The van der Waals surface area contributed by atoms with Crippen LogP contribution in [0.2, 0.25) is 0 Å². The molecule has 0 heterocycles. The first-order chi connectivity index (χ1) is 9.88. The van der Waals surface area contributed by atoms with Gasteiger partial charge in [0.05, 0.1) is 11.3 Å². The van der Waals surface area contributed by atoms with Gasteiger partial charge >= 0.3 is 5.97 Å². The quantitative estimate of drug-likeness (QED) is 0.700. The minimum atomic E-state index is -1.09. The Kier molecular flexibility index (Phi) is 5.40. The average Bonchev–Trinajstić information content (AvgIpc) is 2.41. The van der Waals surface area contributed by atoms with Crippen LogP contribution in [0.5, 0.6) is 0 Å². The molecule has 0 aromatic heterocycles. The summed E-state index contributed by atoms with van der Waals surface area (Å²) in [6, 6.07) is 3.21. The zero-order chi connectivity index (χ0) is 15.6. The molecule has 1 aliphatic rings. The van der Waals surface area contributed by atoms with Crippen LogP contribution < -0.4 is 11.1 Å². The van der Waals surface area contributed by atoms with Gasteiger partial charge in [-0.05, 0) is 47.3 Å². The lowest BCUT2D eigenvalue weighted by Gasteiger charge is -2.26. The number of nitrogens with two attached hydrogens (primary N) is 1. The monoisotopic (exact) mass is 418 g/mol. The number of carboxylic acid groups (broad SMARTS) is 1. The number of hydrogen-bond donors (Lipinski definition) is 3. The summed E-state index contributed by atoms with van der Waals surface area (Å²) >= 11 is 6.54. The summed E-state index contributed by atoms with van der Waals surface area (Å²) in [5.74, 6) is -1.42.